The quantitative estimate of drug-likeness (QED) is 0.768. The molecule has 0 aliphatic heterocycles. The zero-order valence-corrected chi connectivity index (χ0v) is 9.02. The van der Waals surface area contributed by atoms with Crippen LogP contribution in [-0.4, -0.2) is 19.2 Å². The summed E-state index contributed by atoms with van der Waals surface area (Å²) in [6, 6.07) is 5.73. The molecule has 0 atom stereocenters. The van der Waals surface area contributed by atoms with E-state index in [1.54, 1.807) is 25.6 Å². The van der Waals surface area contributed by atoms with Crippen molar-refractivity contribution in [1.82, 2.24) is 4.98 Å². The van der Waals surface area contributed by atoms with E-state index in [1.165, 1.54) is 7.11 Å². The van der Waals surface area contributed by atoms with Gasteiger partial charge in [-0.3, -0.25) is 4.98 Å². The molecule has 0 unspecified atom stereocenters. The van der Waals surface area contributed by atoms with Crippen LogP contribution >= 0.6 is 0 Å². The first-order valence-electron chi connectivity index (χ1n) is 4.70. The maximum absolute atomic E-state index is 9.16. The van der Waals surface area contributed by atoms with Crippen molar-refractivity contribution >= 4 is 10.8 Å². The van der Waals surface area contributed by atoms with E-state index in [-0.39, 0.29) is 0 Å². The summed E-state index contributed by atoms with van der Waals surface area (Å²) in [5.74, 6) is 1.00. The first-order chi connectivity index (χ1) is 7.81. The first kappa shape index (κ1) is 10.2. The number of methoxy groups -OCH3 is 2. The number of rotatable bonds is 2. The maximum atomic E-state index is 9.16. The third-order valence-corrected chi connectivity index (χ3v) is 2.39. The van der Waals surface area contributed by atoms with E-state index < -0.39 is 0 Å². The maximum Gasteiger partial charge on any atom is 0.179 e. The summed E-state index contributed by atoms with van der Waals surface area (Å²) in [7, 11) is 3.06. The number of pyridine rings is 1. The molecule has 0 radical (unpaired) electrons. The number of fused-ring (bicyclic) bond motifs is 1. The van der Waals surface area contributed by atoms with Crippen molar-refractivity contribution in [1.29, 1.82) is 5.26 Å². The fraction of sp³-hybridized carbons (Fsp3) is 0.167. The second-order valence-corrected chi connectivity index (χ2v) is 3.20. The lowest BCUT2D eigenvalue weighted by atomic mass is 10.1. The van der Waals surface area contributed by atoms with Gasteiger partial charge in [0, 0.05) is 23.2 Å². The molecule has 0 saturated heterocycles. The third-order valence-electron chi connectivity index (χ3n) is 2.39. The van der Waals surface area contributed by atoms with E-state index in [9.17, 15) is 0 Å². The molecule has 0 aliphatic rings. The van der Waals surface area contributed by atoms with E-state index >= 15 is 0 Å². The number of nitriles is 1. The standard InChI is InChI=1S/C12H10N2O2/c1-15-11-5-8-7-14-4-3-9(8)10(6-13)12(11)16-2/h3-5,7H,1-2H3. The number of aromatic nitrogens is 1. The van der Waals surface area contributed by atoms with Gasteiger partial charge in [-0.25, -0.2) is 0 Å². The Morgan fingerprint density at radius 1 is 1.31 bits per heavy atom. The fourth-order valence-corrected chi connectivity index (χ4v) is 1.67. The van der Waals surface area contributed by atoms with Crippen molar-refractivity contribution in [3.63, 3.8) is 0 Å². The molecular formula is C12H10N2O2. The molecule has 1 aromatic carbocycles. The molecule has 4 heteroatoms. The second-order valence-electron chi connectivity index (χ2n) is 3.20. The second kappa shape index (κ2) is 4.07. The topological polar surface area (TPSA) is 55.1 Å². The predicted octanol–water partition coefficient (Wildman–Crippen LogP) is 2.12. The normalized spacial score (nSPS) is 9.81. The summed E-state index contributed by atoms with van der Waals surface area (Å²) in [4.78, 5) is 4.01. The highest BCUT2D eigenvalue weighted by molar-refractivity contribution is 5.91. The molecule has 1 heterocycles. The van der Waals surface area contributed by atoms with Crippen LogP contribution in [0.3, 0.4) is 0 Å². The largest absolute Gasteiger partial charge is 0.493 e. The molecule has 2 aromatic rings. The molecule has 2 rings (SSSR count). The summed E-state index contributed by atoms with van der Waals surface area (Å²) in [6.45, 7) is 0. The molecule has 0 bridgehead atoms. The summed E-state index contributed by atoms with van der Waals surface area (Å²) < 4.78 is 10.4. The van der Waals surface area contributed by atoms with Crippen LogP contribution in [0.15, 0.2) is 24.5 Å². The molecule has 16 heavy (non-hydrogen) atoms. The van der Waals surface area contributed by atoms with Gasteiger partial charge in [-0.15, -0.1) is 0 Å². The van der Waals surface area contributed by atoms with Crippen LogP contribution < -0.4 is 9.47 Å². The highest BCUT2D eigenvalue weighted by Gasteiger charge is 2.14. The summed E-state index contributed by atoms with van der Waals surface area (Å²) in [6.07, 6.45) is 3.34. The van der Waals surface area contributed by atoms with Crippen LogP contribution in [0.2, 0.25) is 0 Å². The molecule has 0 fully saturated rings. The van der Waals surface area contributed by atoms with Gasteiger partial charge in [-0.05, 0) is 12.1 Å². The predicted molar refractivity (Wildman–Crippen MR) is 59.6 cm³/mol. The highest BCUT2D eigenvalue weighted by Crippen LogP contribution is 2.36. The smallest absolute Gasteiger partial charge is 0.179 e. The van der Waals surface area contributed by atoms with Crippen LogP contribution in [0, 0.1) is 11.3 Å². The Bertz CT molecular complexity index is 573. The van der Waals surface area contributed by atoms with Gasteiger partial charge >= 0.3 is 0 Å². The lowest BCUT2D eigenvalue weighted by molar-refractivity contribution is 0.355. The van der Waals surface area contributed by atoms with E-state index in [1.807, 2.05) is 6.07 Å². The minimum Gasteiger partial charge on any atom is -0.493 e. The molecular weight excluding hydrogens is 204 g/mol. The van der Waals surface area contributed by atoms with Crippen molar-refractivity contribution in [2.75, 3.05) is 14.2 Å². The Balaban J connectivity index is 2.89. The van der Waals surface area contributed by atoms with E-state index in [4.69, 9.17) is 14.7 Å². The molecule has 1 aromatic heterocycles. The van der Waals surface area contributed by atoms with Crippen LogP contribution in [0.25, 0.3) is 10.8 Å². The van der Waals surface area contributed by atoms with Crippen LogP contribution in [0.4, 0.5) is 0 Å². The lowest BCUT2D eigenvalue weighted by Crippen LogP contribution is -1.95. The van der Waals surface area contributed by atoms with Crippen LogP contribution in [-0.2, 0) is 0 Å². The monoisotopic (exact) mass is 214 g/mol. The van der Waals surface area contributed by atoms with Gasteiger partial charge < -0.3 is 9.47 Å². The van der Waals surface area contributed by atoms with Crippen molar-refractivity contribution in [2.24, 2.45) is 0 Å². The van der Waals surface area contributed by atoms with Gasteiger partial charge in [0.05, 0.1) is 14.2 Å². The minimum atomic E-state index is 0.462. The van der Waals surface area contributed by atoms with Crippen molar-refractivity contribution in [3.8, 4) is 17.6 Å². The first-order valence-corrected chi connectivity index (χ1v) is 4.70. The minimum absolute atomic E-state index is 0.462. The number of benzene rings is 1. The summed E-state index contributed by atoms with van der Waals surface area (Å²) in [5.41, 5.74) is 0.472. The highest BCUT2D eigenvalue weighted by atomic mass is 16.5. The van der Waals surface area contributed by atoms with Gasteiger partial charge in [0.2, 0.25) is 0 Å². The lowest BCUT2D eigenvalue weighted by Gasteiger charge is -2.11. The van der Waals surface area contributed by atoms with Crippen LogP contribution in [0.5, 0.6) is 11.5 Å². The molecule has 4 nitrogen and oxygen atoms in total. The molecule has 0 spiro atoms. The number of ether oxygens (including phenoxy) is 2. The van der Waals surface area contributed by atoms with Gasteiger partial charge in [-0.2, -0.15) is 5.26 Å². The molecule has 80 valence electrons. The third kappa shape index (κ3) is 1.43. The number of hydrogen-bond acceptors (Lipinski definition) is 4. The van der Waals surface area contributed by atoms with Crippen molar-refractivity contribution in [3.05, 3.63) is 30.1 Å². The zero-order valence-electron chi connectivity index (χ0n) is 9.02. The van der Waals surface area contributed by atoms with Gasteiger partial charge in [0.1, 0.15) is 11.6 Å². The van der Waals surface area contributed by atoms with Gasteiger partial charge in [0.15, 0.2) is 11.5 Å². The fourth-order valence-electron chi connectivity index (χ4n) is 1.67. The molecule has 0 saturated carbocycles. The molecule has 0 N–H and O–H groups in total. The average Bonchev–Trinajstić information content (AvgIpc) is 2.36. The Labute approximate surface area is 93.0 Å². The summed E-state index contributed by atoms with van der Waals surface area (Å²) in [5, 5.41) is 10.8. The van der Waals surface area contributed by atoms with E-state index in [2.05, 4.69) is 11.1 Å². The van der Waals surface area contributed by atoms with E-state index in [0.29, 0.717) is 17.1 Å². The average molecular weight is 214 g/mol. The summed E-state index contributed by atoms with van der Waals surface area (Å²) >= 11 is 0. The Kier molecular flexibility index (Phi) is 2.61. The van der Waals surface area contributed by atoms with Gasteiger partial charge in [0.25, 0.3) is 0 Å². The molecule has 0 aliphatic carbocycles. The Morgan fingerprint density at radius 3 is 2.75 bits per heavy atom. The van der Waals surface area contributed by atoms with Crippen LogP contribution in [0.1, 0.15) is 5.56 Å². The van der Waals surface area contributed by atoms with E-state index in [0.717, 1.165) is 10.8 Å². The molecule has 0 amide bonds. The SMILES string of the molecule is COc1cc2cnccc2c(C#N)c1OC. The number of hydrogen-bond donors (Lipinski definition) is 0. The Morgan fingerprint density at radius 2 is 2.12 bits per heavy atom. The number of nitrogens with zero attached hydrogens (tertiary/aromatic N) is 2. The van der Waals surface area contributed by atoms with Crippen molar-refractivity contribution < 1.29 is 9.47 Å². The zero-order chi connectivity index (χ0) is 11.5. The van der Waals surface area contributed by atoms with Crippen molar-refractivity contribution in [2.45, 2.75) is 0 Å². The van der Waals surface area contributed by atoms with Gasteiger partial charge in [-0.1, -0.05) is 0 Å². The Hall–Kier alpha value is -2.28.